The van der Waals surface area contributed by atoms with Crippen molar-refractivity contribution < 1.29 is 0 Å². The van der Waals surface area contributed by atoms with E-state index in [-0.39, 0.29) is 0 Å². The molecule has 0 spiro atoms. The highest BCUT2D eigenvalue weighted by Gasteiger charge is 2.16. The van der Waals surface area contributed by atoms with Crippen LogP contribution >= 0.6 is 0 Å². The molecule has 0 radical (unpaired) electrons. The van der Waals surface area contributed by atoms with Crippen LogP contribution in [0.3, 0.4) is 0 Å². The third-order valence-electron chi connectivity index (χ3n) is 4.37. The van der Waals surface area contributed by atoms with E-state index in [2.05, 4.69) is 73.0 Å². The summed E-state index contributed by atoms with van der Waals surface area (Å²) < 4.78 is 2.48. The number of hydrogen-bond acceptors (Lipinski definition) is 0. The first-order valence-corrected chi connectivity index (χ1v) is 8.53. The van der Waals surface area contributed by atoms with Crippen LogP contribution in [0.5, 0.6) is 0 Å². The predicted octanol–water partition coefficient (Wildman–Crippen LogP) is 5.93. The quantitative estimate of drug-likeness (QED) is 0.531. The lowest BCUT2D eigenvalue weighted by Crippen LogP contribution is -2.02. The van der Waals surface area contributed by atoms with Gasteiger partial charge in [0.25, 0.3) is 0 Å². The number of unbranched alkanes of at least 4 members (excludes halogenated alkanes) is 1. The average molecular weight is 291 g/mol. The fourth-order valence-electron chi connectivity index (χ4n) is 3.36. The smallest absolute Gasteiger partial charge is 0.0534 e. The van der Waals surface area contributed by atoms with Gasteiger partial charge in [0.1, 0.15) is 0 Å². The van der Waals surface area contributed by atoms with E-state index in [0.717, 1.165) is 6.42 Å². The number of aromatic nitrogens is 1. The number of benzene rings is 2. The summed E-state index contributed by atoms with van der Waals surface area (Å²) >= 11 is 0. The molecule has 2 aromatic carbocycles. The highest BCUT2D eigenvalue weighted by molar-refractivity contribution is 5.87. The topological polar surface area (TPSA) is 4.93 Å². The van der Waals surface area contributed by atoms with Gasteiger partial charge in [-0.3, -0.25) is 0 Å². The van der Waals surface area contributed by atoms with E-state index in [0.29, 0.717) is 0 Å². The molecule has 0 N–H and O–H groups in total. The summed E-state index contributed by atoms with van der Waals surface area (Å²) in [7, 11) is 0. The normalized spacial score (nSPS) is 11.2. The molecule has 0 bridgehead atoms. The Balaban J connectivity index is 2.26. The molecule has 1 heterocycles. The van der Waals surface area contributed by atoms with E-state index in [1.807, 2.05) is 0 Å². The fraction of sp³-hybridized carbons (Fsp3) is 0.333. The maximum Gasteiger partial charge on any atom is 0.0534 e. The number of rotatable bonds is 6. The molecule has 1 heteroatoms. The Labute approximate surface area is 133 Å². The van der Waals surface area contributed by atoms with Crippen molar-refractivity contribution in [2.24, 2.45) is 0 Å². The number of nitrogens with zero attached hydrogens (tertiary/aromatic N) is 1. The van der Waals surface area contributed by atoms with Crippen LogP contribution in [0.2, 0.25) is 0 Å². The minimum atomic E-state index is 1.14. The number of hydrogen-bond donors (Lipinski definition) is 0. The van der Waals surface area contributed by atoms with Crippen molar-refractivity contribution in [1.82, 2.24) is 4.57 Å². The Kier molecular flexibility index (Phi) is 4.62. The molecule has 0 amide bonds. The Morgan fingerprint density at radius 3 is 2.23 bits per heavy atom. The summed E-state index contributed by atoms with van der Waals surface area (Å²) in [5.74, 6) is 0. The van der Waals surface area contributed by atoms with Gasteiger partial charge in [0.05, 0.1) is 5.52 Å². The second kappa shape index (κ2) is 6.83. The molecule has 0 unspecified atom stereocenters. The van der Waals surface area contributed by atoms with Gasteiger partial charge >= 0.3 is 0 Å². The molecule has 0 atom stereocenters. The largest absolute Gasteiger partial charge is 0.313 e. The Morgan fingerprint density at radius 2 is 1.50 bits per heavy atom. The van der Waals surface area contributed by atoms with Crippen molar-refractivity contribution in [3.05, 3.63) is 65.9 Å². The molecule has 1 aromatic heterocycles. The molecule has 114 valence electrons. The maximum absolute atomic E-state index is 2.48. The van der Waals surface area contributed by atoms with Gasteiger partial charge in [-0.1, -0.05) is 63.1 Å². The zero-order chi connectivity index (χ0) is 15.4. The van der Waals surface area contributed by atoms with Crippen molar-refractivity contribution in [2.75, 3.05) is 0 Å². The van der Waals surface area contributed by atoms with Crippen LogP contribution in [0.15, 0.2) is 54.6 Å². The van der Waals surface area contributed by atoms with Crippen LogP contribution in [0.25, 0.3) is 16.6 Å². The number of para-hydroxylation sites is 2. The van der Waals surface area contributed by atoms with Crippen LogP contribution in [0.4, 0.5) is 0 Å². The summed E-state index contributed by atoms with van der Waals surface area (Å²) in [6.45, 7) is 4.55. The highest BCUT2D eigenvalue weighted by atomic mass is 15.0. The zero-order valence-corrected chi connectivity index (χ0v) is 13.7. The molecule has 0 aliphatic rings. The Morgan fingerprint density at radius 1 is 0.773 bits per heavy atom. The molecular weight excluding hydrogens is 266 g/mol. The van der Waals surface area contributed by atoms with Crippen LogP contribution < -0.4 is 0 Å². The fourth-order valence-corrected chi connectivity index (χ4v) is 3.36. The first-order valence-electron chi connectivity index (χ1n) is 8.53. The monoisotopic (exact) mass is 291 g/mol. The first kappa shape index (κ1) is 14.9. The molecule has 0 aliphatic carbocycles. The van der Waals surface area contributed by atoms with Gasteiger partial charge in [0, 0.05) is 16.8 Å². The van der Waals surface area contributed by atoms with E-state index in [9.17, 15) is 0 Å². The van der Waals surface area contributed by atoms with Crippen LogP contribution in [-0.4, -0.2) is 4.57 Å². The molecule has 0 aliphatic heterocycles. The first-order chi connectivity index (χ1) is 10.9. The van der Waals surface area contributed by atoms with Gasteiger partial charge in [-0.05, 0) is 43.0 Å². The SMILES string of the molecule is CCCCc1c(CCC)n(-c2ccccc2)c2ccccc12. The Bertz CT molecular complexity index is 737. The van der Waals surface area contributed by atoms with Crippen LogP contribution in [0.1, 0.15) is 44.4 Å². The summed E-state index contributed by atoms with van der Waals surface area (Å²) in [5.41, 5.74) is 5.69. The van der Waals surface area contributed by atoms with Gasteiger partial charge in [-0.15, -0.1) is 0 Å². The van der Waals surface area contributed by atoms with E-state index >= 15 is 0 Å². The lowest BCUT2D eigenvalue weighted by atomic mass is 10.0. The molecule has 0 saturated carbocycles. The second-order valence-corrected chi connectivity index (χ2v) is 5.97. The van der Waals surface area contributed by atoms with Crippen molar-refractivity contribution in [1.29, 1.82) is 0 Å². The van der Waals surface area contributed by atoms with Crippen LogP contribution in [-0.2, 0) is 12.8 Å². The van der Waals surface area contributed by atoms with Gasteiger partial charge in [0.15, 0.2) is 0 Å². The summed E-state index contributed by atoms with van der Waals surface area (Å²) in [4.78, 5) is 0. The molecule has 0 fully saturated rings. The van der Waals surface area contributed by atoms with E-state index in [1.54, 1.807) is 5.56 Å². The molecule has 0 saturated heterocycles. The second-order valence-electron chi connectivity index (χ2n) is 5.97. The van der Waals surface area contributed by atoms with Crippen molar-refractivity contribution >= 4 is 10.9 Å². The van der Waals surface area contributed by atoms with Crippen LogP contribution in [0, 0.1) is 0 Å². The highest BCUT2D eigenvalue weighted by Crippen LogP contribution is 2.31. The maximum atomic E-state index is 2.48. The lowest BCUT2D eigenvalue weighted by Gasteiger charge is -2.12. The molecule has 3 rings (SSSR count). The average Bonchev–Trinajstić information content (AvgIpc) is 2.87. The molecule has 3 aromatic rings. The number of fused-ring (bicyclic) bond motifs is 1. The standard InChI is InChI=1S/C21H25N/c1-3-5-14-18-19-15-9-10-16-21(19)22(20(18)11-4-2)17-12-7-6-8-13-17/h6-10,12-13,15-16H,3-5,11,14H2,1-2H3. The van der Waals surface area contributed by atoms with E-state index in [1.165, 1.54) is 48.0 Å². The summed E-state index contributed by atoms with van der Waals surface area (Å²) in [5, 5.41) is 1.43. The summed E-state index contributed by atoms with van der Waals surface area (Å²) in [6.07, 6.45) is 6.02. The van der Waals surface area contributed by atoms with Crippen molar-refractivity contribution in [3.63, 3.8) is 0 Å². The van der Waals surface area contributed by atoms with Gasteiger partial charge < -0.3 is 4.57 Å². The predicted molar refractivity (Wildman–Crippen MR) is 95.9 cm³/mol. The zero-order valence-electron chi connectivity index (χ0n) is 13.7. The van der Waals surface area contributed by atoms with Gasteiger partial charge in [-0.2, -0.15) is 0 Å². The molecule has 1 nitrogen and oxygen atoms in total. The summed E-state index contributed by atoms with van der Waals surface area (Å²) in [6, 6.07) is 19.7. The van der Waals surface area contributed by atoms with Crippen molar-refractivity contribution in [2.45, 2.75) is 46.0 Å². The number of aryl methyl sites for hydroxylation is 1. The van der Waals surface area contributed by atoms with Gasteiger partial charge in [-0.25, -0.2) is 0 Å². The third-order valence-corrected chi connectivity index (χ3v) is 4.37. The van der Waals surface area contributed by atoms with Crippen molar-refractivity contribution in [3.8, 4) is 5.69 Å². The molecular formula is C21H25N. The minimum Gasteiger partial charge on any atom is -0.313 e. The minimum absolute atomic E-state index is 1.14. The third kappa shape index (κ3) is 2.68. The van der Waals surface area contributed by atoms with E-state index < -0.39 is 0 Å². The van der Waals surface area contributed by atoms with Gasteiger partial charge in [0.2, 0.25) is 0 Å². The Hall–Kier alpha value is -2.02. The van der Waals surface area contributed by atoms with E-state index in [4.69, 9.17) is 0 Å². The lowest BCUT2D eigenvalue weighted by molar-refractivity contribution is 0.770. The molecule has 22 heavy (non-hydrogen) atoms.